The molecule has 0 radical (unpaired) electrons. The second-order valence-electron chi connectivity index (χ2n) is 5.50. The number of amides is 2. The molecule has 5 nitrogen and oxygen atoms in total. The molecule has 1 aliphatic rings. The van der Waals surface area contributed by atoms with Crippen molar-refractivity contribution in [2.45, 2.75) is 12.6 Å². The fourth-order valence-corrected chi connectivity index (χ4v) is 2.73. The van der Waals surface area contributed by atoms with Gasteiger partial charge in [-0.2, -0.15) is 0 Å². The Hall–Kier alpha value is -2.18. The molecule has 1 N–H and O–H groups in total. The fourth-order valence-electron chi connectivity index (χ4n) is 2.54. The molecule has 0 bridgehead atoms. The SMILES string of the molecule is O=C(NCc1cccnc1)N1CCO[C@@H](c2ccc(F)c(Cl)c2)C1. The highest BCUT2D eigenvalue weighted by Crippen LogP contribution is 2.26. The Kier molecular flexibility index (Phi) is 5.27. The molecular weight excluding hydrogens is 333 g/mol. The van der Waals surface area contributed by atoms with Crippen LogP contribution in [0.2, 0.25) is 5.02 Å². The first kappa shape index (κ1) is 16.7. The topological polar surface area (TPSA) is 54.5 Å². The van der Waals surface area contributed by atoms with E-state index in [9.17, 15) is 9.18 Å². The lowest BCUT2D eigenvalue weighted by Crippen LogP contribution is -2.46. The van der Waals surface area contributed by atoms with Crippen LogP contribution in [0, 0.1) is 5.82 Å². The summed E-state index contributed by atoms with van der Waals surface area (Å²) in [5, 5.41) is 2.92. The molecule has 2 aromatic rings. The van der Waals surface area contributed by atoms with Crippen molar-refractivity contribution in [2.24, 2.45) is 0 Å². The zero-order chi connectivity index (χ0) is 16.9. The summed E-state index contributed by atoms with van der Waals surface area (Å²) in [7, 11) is 0. The monoisotopic (exact) mass is 349 g/mol. The molecule has 2 heterocycles. The van der Waals surface area contributed by atoms with Crippen LogP contribution >= 0.6 is 11.6 Å². The third kappa shape index (κ3) is 4.01. The van der Waals surface area contributed by atoms with Crippen LogP contribution in [-0.2, 0) is 11.3 Å². The Morgan fingerprint density at radius 1 is 1.46 bits per heavy atom. The summed E-state index contributed by atoms with van der Waals surface area (Å²) >= 11 is 5.82. The van der Waals surface area contributed by atoms with Gasteiger partial charge in [0.15, 0.2) is 0 Å². The third-order valence-corrected chi connectivity index (χ3v) is 4.13. The standard InChI is InChI=1S/C17H17ClFN3O2/c18-14-8-13(3-4-15(14)19)16-11-22(6-7-24-16)17(23)21-10-12-2-1-5-20-9-12/h1-5,8-9,16H,6-7,10-11H2,(H,21,23)/t16-/m1/s1. The molecule has 1 fully saturated rings. The molecule has 1 aromatic heterocycles. The number of rotatable bonds is 3. The van der Waals surface area contributed by atoms with Crippen LogP contribution in [0.5, 0.6) is 0 Å². The van der Waals surface area contributed by atoms with Gasteiger partial charge in [0.25, 0.3) is 0 Å². The molecule has 1 aromatic carbocycles. The van der Waals surface area contributed by atoms with Gasteiger partial charge in [0.1, 0.15) is 11.9 Å². The molecule has 1 atom stereocenters. The van der Waals surface area contributed by atoms with Crippen LogP contribution in [0.4, 0.5) is 9.18 Å². The van der Waals surface area contributed by atoms with Crippen LogP contribution < -0.4 is 5.32 Å². The van der Waals surface area contributed by atoms with Gasteiger partial charge in [0, 0.05) is 25.5 Å². The summed E-state index contributed by atoms with van der Waals surface area (Å²) in [6.07, 6.45) is 3.08. The molecule has 0 spiro atoms. The second kappa shape index (κ2) is 7.59. The average Bonchev–Trinajstić information content (AvgIpc) is 2.63. The van der Waals surface area contributed by atoms with Crippen LogP contribution in [0.25, 0.3) is 0 Å². The van der Waals surface area contributed by atoms with Gasteiger partial charge < -0.3 is 15.0 Å². The number of hydrogen-bond donors (Lipinski definition) is 1. The summed E-state index contributed by atoms with van der Waals surface area (Å²) in [5.41, 5.74) is 1.69. The van der Waals surface area contributed by atoms with Crippen molar-refractivity contribution in [2.75, 3.05) is 19.7 Å². The van der Waals surface area contributed by atoms with Crippen molar-refractivity contribution < 1.29 is 13.9 Å². The fraction of sp³-hybridized carbons (Fsp3) is 0.294. The first-order valence-corrected chi connectivity index (χ1v) is 7.99. The normalized spacial score (nSPS) is 17.6. The van der Waals surface area contributed by atoms with E-state index in [0.29, 0.717) is 26.2 Å². The van der Waals surface area contributed by atoms with Gasteiger partial charge in [-0.05, 0) is 29.3 Å². The molecule has 0 saturated carbocycles. The number of benzene rings is 1. The Balaban J connectivity index is 1.60. The van der Waals surface area contributed by atoms with Crippen molar-refractivity contribution in [1.82, 2.24) is 15.2 Å². The van der Waals surface area contributed by atoms with Gasteiger partial charge in [0.2, 0.25) is 0 Å². The average molecular weight is 350 g/mol. The number of morpholine rings is 1. The van der Waals surface area contributed by atoms with Crippen LogP contribution in [0.1, 0.15) is 17.2 Å². The summed E-state index contributed by atoms with van der Waals surface area (Å²) in [6, 6.07) is 8.03. The van der Waals surface area contributed by atoms with E-state index in [4.69, 9.17) is 16.3 Å². The number of carbonyl (C=O) groups excluding carboxylic acids is 1. The lowest BCUT2D eigenvalue weighted by molar-refractivity contribution is -0.0155. The highest BCUT2D eigenvalue weighted by atomic mass is 35.5. The van der Waals surface area contributed by atoms with E-state index in [1.807, 2.05) is 12.1 Å². The Bertz CT molecular complexity index is 714. The Labute approximate surface area is 144 Å². The molecular formula is C17H17ClFN3O2. The van der Waals surface area contributed by atoms with Crippen LogP contribution in [0.15, 0.2) is 42.7 Å². The third-order valence-electron chi connectivity index (χ3n) is 3.84. The van der Waals surface area contributed by atoms with Gasteiger partial charge in [-0.3, -0.25) is 4.98 Å². The van der Waals surface area contributed by atoms with Gasteiger partial charge in [-0.25, -0.2) is 9.18 Å². The molecule has 0 aliphatic carbocycles. The lowest BCUT2D eigenvalue weighted by Gasteiger charge is -2.33. The van der Waals surface area contributed by atoms with Gasteiger partial charge in [-0.1, -0.05) is 23.7 Å². The molecule has 2 amide bonds. The van der Waals surface area contributed by atoms with E-state index >= 15 is 0 Å². The van der Waals surface area contributed by atoms with Crippen LogP contribution in [0.3, 0.4) is 0 Å². The van der Waals surface area contributed by atoms with Crippen molar-refractivity contribution >= 4 is 17.6 Å². The van der Waals surface area contributed by atoms with E-state index in [1.165, 1.54) is 6.07 Å². The lowest BCUT2D eigenvalue weighted by atomic mass is 10.1. The van der Waals surface area contributed by atoms with Gasteiger partial charge >= 0.3 is 6.03 Å². The van der Waals surface area contributed by atoms with Gasteiger partial charge in [0.05, 0.1) is 18.2 Å². The van der Waals surface area contributed by atoms with E-state index in [0.717, 1.165) is 11.1 Å². The minimum atomic E-state index is -0.470. The zero-order valence-electron chi connectivity index (χ0n) is 12.9. The number of pyridine rings is 1. The maximum absolute atomic E-state index is 13.3. The Morgan fingerprint density at radius 3 is 3.08 bits per heavy atom. The minimum absolute atomic E-state index is 0.0502. The number of halogens is 2. The number of aromatic nitrogens is 1. The molecule has 126 valence electrons. The number of nitrogens with one attached hydrogen (secondary N) is 1. The number of urea groups is 1. The van der Waals surface area contributed by atoms with Crippen molar-refractivity contribution in [3.63, 3.8) is 0 Å². The highest BCUT2D eigenvalue weighted by molar-refractivity contribution is 6.30. The van der Waals surface area contributed by atoms with E-state index in [1.54, 1.807) is 29.4 Å². The molecule has 24 heavy (non-hydrogen) atoms. The molecule has 1 saturated heterocycles. The molecule has 0 unspecified atom stereocenters. The van der Waals surface area contributed by atoms with E-state index < -0.39 is 5.82 Å². The van der Waals surface area contributed by atoms with Crippen molar-refractivity contribution in [3.8, 4) is 0 Å². The molecule has 1 aliphatic heterocycles. The molecule has 7 heteroatoms. The first-order chi connectivity index (χ1) is 11.6. The highest BCUT2D eigenvalue weighted by Gasteiger charge is 2.25. The maximum Gasteiger partial charge on any atom is 0.317 e. The predicted octanol–water partition coefficient (Wildman–Crippen LogP) is 3.16. The quantitative estimate of drug-likeness (QED) is 0.926. The molecule has 3 rings (SSSR count). The van der Waals surface area contributed by atoms with Crippen molar-refractivity contribution in [1.29, 1.82) is 0 Å². The minimum Gasteiger partial charge on any atom is -0.370 e. The maximum atomic E-state index is 13.3. The summed E-state index contributed by atoms with van der Waals surface area (Å²) < 4.78 is 19.0. The number of nitrogens with zero attached hydrogens (tertiary/aromatic N) is 2. The first-order valence-electron chi connectivity index (χ1n) is 7.62. The number of carbonyl (C=O) groups is 1. The predicted molar refractivity (Wildman–Crippen MR) is 88.1 cm³/mol. The smallest absolute Gasteiger partial charge is 0.317 e. The Morgan fingerprint density at radius 2 is 2.33 bits per heavy atom. The zero-order valence-corrected chi connectivity index (χ0v) is 13.7. The largest absolute Gasteiger partial charge is 0.370 e. The van der Waals surface area contributed by atoms with E-state index in [-0.39, 0.29) is 17.2 Å². The second-order valence-corrected chi connectivity index (χ2v) is 5.91. The van der Waals surface area contributed by atoms with E-state index in [2.05, 4.69) is 10.3 Å². The van der Waals surface area contributed by atoms with Crippen molar-refractivity contribution in [3.05, 3.63) is 64.7 Å². The van der Waals surface area contributed by atoms with Crippen LogP contribution in [-0.4, -0.2) is 35.6 Å². The number of ether oxygens (including phenoxy) is 1. The summed E-state index contributed by atoms with van der Waals surface area (Å²) in [4.78, 5) is 18.0. The summed E-state index contributed by atoms with van der Waals surface area (Å²) in [6.45, 7) is 1.72. The number of hydrogen-bond acceptors (Lipinski definition) is 3. The summed E-state index contributed by atoms with van der Waals surface area (Å²) in [5.74, 6) is -0.470. The van der Waals surface area contributed by atoms with Gasteiger partial charge in [-0.15, -0.1) is 0 Å².